The molecule has 362 valence electrons. The number of hydrogen-bond donors (Lipinski definition) is 0. The molecule has 1 aliphatic heterocycles. The maximum atomic E-state index is 9.25. The monoisotopic (exact) mass is 1130 g/mol. The minimum Gasteiger partial charge on any atom is -0.509 e. The number of pyridine rings is 1. The fraction of sp³-hybridized carbons (Fsp3) is 0.182. The van der Waals surface area contributed by atoms with Gasteiger partial charge in [0, 0.05) is 72.5 Å². The zero-order valence-corrected chi connectivity index (χ0v) is 44.0. The third-order valence-corrected chi connectivity index (χ3v) is 13.2. The van der Waals surface area contributed by atoms with Gasteiger partial charge in [-0.25, -0.2) is 4.98 Å². The summed E-state index contributed by atoms with van der Waals surface area (Å²) in [5.74, 6) is 1.41. The van der Waals surface area contributed by atoms with E-state index >= 15 is 0 Å². The molecule has 0 N–H and O–H groups in total. The van der Waals surface area contributed by atoms with Crippen LogP contribution in [-0.4, -0.2) is 9.55 Å². The van der Waals surface area contributed by atoms with E-state index in [-0.39, 0.29) is 72.6 Å². The number of hydrogen-bond acceptors (Lipinski definition) is 4. The van der Waals surface area contributed by atoms with Gasteiger partial charge < -0.3 is 19.1 Å². The predicted octanol–water partition coefficient (Wildman–Crippen LogP) is 17.9. The number of fused-ring (bicyclic) bond motifs is 4. The van der Waals surface area contributed by atoms with Crippen molar-refractivity contribution in [3.63, 3.8) is 0 Å². The van der Waals surface area contributed by atoms with Crippen molar-refractivity contribution in [2.24, 2.45) is 0 Å². The molecule has 0 saturated heterocycles. The molecule has 0 spiro atoms. The van der Waals surface area contributed by atoms with E-state index in [1.54, 1.807) is 12.3 Å². The maximum absolute atomic E-state index is 9.25. The molecule has 11 rings (SSSR count). The molecule has 10 aromatic rings. The Morgan fingerprint density at radius 1 is 0.514 bits per heavy atom. The van der Waals surface area contributed by atoms with Gasteiger partial charge >= 0.3 is 0 Å². The molecular formula is C66H59N4OPt-3. The molecule has 5 nitrogen and oxygen atoms in total. The van der Waals surface area contributed by atoms with E-state index in [1.165, 1.54) is 0 Å². The van der Waals surface area contributed by atoms with Gasteiger partial charge in [0.05, 0.1) is 13.7 Å². The Labute approximate surface area is 454 Å². The number of rotatable bonds is 8. The van der Waals surface area contributed by atoms with E-state index in [9.17, 15) is 2.74 Å². The average molecular weight is 1130 g/mol. The summed E-state index contributed by atoms with van der Waals surface area (Å²) in [7, 11) is 0. The van der Waals surface area contributed by atoms with Crippen LogP contribution in [0.2, 0.25) is 0 Å². The average Bonchev–Trinajstić information content (AvgIpc) is 2.17. The van der Waals surface area contributed by atoms with Crippen LogP contribution in [0, 0.1) is 18.8 Å². The fourth-order valence-corrected chi connectivity index (χ4v) is 9.29. The summed E-state index contributed by atoms with van der Waals surface area (Å²) >= 11 is 0. The summed E-state index contributed by atoms with van der Waals surface area (Å²) in [4.78, 5) is 8.89. The standard InChI is InChI=1S/C66H59N4O.Pt/c1-64(2,3)48-34-35-67-62(40-48)70-58-33-30-46(44-20-12-10-13-21-44)38-57(58)56-32-31-53(42-61(56)70)71-52-25-18-24-51(41-52)68-43-69(60-29-17-16-28-59(60)68)63-54(45-22-14-11-15-23-45)26-19-27-55(63)47-36-49(65(4,5)6)39-50(37-47)66(7,8)9;/h10-40,43H,1-9H3;/q-3;/i10D,11D,12D,13D,14D,15D,20D,21D,22D,23D;. The largest absolute Gasteiger partial charge is 0.509 e. The van der Waals surface area contributed by atoms with Crippen LogP contribution in [0.4, 0.5) is 22.7 Å². The van der Waals surface area contributed by atoms with Crippen LogP contribution in [0.3, 0.4) is 0 Å². The molecule has 2 aromatic heterocycles. The molecular weight excluding hydrogens is 1060 g/mol. The molecule has 0 unspecified atom stereocenters. The van der Waals surface area contributed by atoms with Crippen molar-refractivity contribution in [3.8, 4) is 50.7 Å². The zero-order valence-electron chi connectivity index (χ0n) is 51.7. The second-order valence-electron chi connectivity index (χ2n) is 21.2. The van der Waals surface area contributed by atoms with Crippen molar-refractivity contribution in [1.29, 1.82) is 0 Å². The molecule has 8 aromatic carbocycles. The van der Waals surface area contributed by atoms with Crippen LogP contribution in [0.15, 0.2) is 188 Å². The van der Waals surface area contributed by atoms with Crippen molar-refractivity contribution >= 4 is 44.6 Å². The van der Waals surface area contributed by atoms with Gasteiger partial charge in [0.15, 0.2) is 0 Å². The number of nitrogens with zero attached hydrogens (tertiary/aromatic N) is 4. The van der Waals surface area contributed by atoms with Crippen molar-refractivity contribution in [3.05, 3.63) is 223 Å². The van der Waals surface area contributed by atoms with Gasteiger partial charge in [-0.2, -0.15) is 12.1 Å². The van der Waals surface area contributed by atoms with Crippen LogP contribution in [0.5, 0.6) is 11.5 Å². The predicted molar refractivity (Wildman–Crippen MR) is 297 cm³/mol. The summed E-state index contributed by atoms with van der Waals surface area (Å²) in [6.07, 6.45) is 1.78. The van der Waals surface area contributed by atoms with Crippen molar-refractivity contribution < 1.29 is 39.5 Å². The SMILES string of the molecule is [2H]c1c([2H])c([2H])c(-c2ccc3c(c2)c2ccc(Oc4[c-]c(N5[CH-]N(c6c(-c7cc(C(C)(C)C)cc(C(C)(C)C)c7)cccc6-c6c([2H])c([2H])c([2H])c([2H])c6[2H])c6ccccc65)ccc4)[c-]c2n3-c2cc(C(C)(C)C)ccn2)c([2H])c1[2H].[Pt]. The first-order valence-corrected chi connectivity index (χ1v) is 23.9. The van der Waals surface area contributed by atoms with Gasteiger partial charge in [-0.3, -0.25) is 0 Å². The van der Waals surface area contributed by atoms with Crippen molar-refractivity contribution in [1.82, 2.24) is 9.55 Å². The molecule has 0 fully saturated rings. The molecule has 72 heavy (non-hydrogen) atoms. The van der Waals surface area contributed by atoms with Gasteiger partial charge in [0.1, 0.15) is 5.82 Å². The summed E-state index contributed by atoms with van der Waals surface area (Å²) in [6, 6.07) is 42.6. The molecule has 3 heterocycles. The van der Waals surface area contributed by atoms with Crippen molar-refractivity contribution in [2.75, 3.05) is 9.80 Å². The number of para-hydroxylation sites is 3. The summed E-state index contributed by atoms with van der Waals surface area (Å²) < 4.78 is 95.7. The fourth-order valence-electron chi connectivity index (χ4n) is 9.29. The minimum absolute atomic E-state index is 0. The Bertz CT molecular complexity index is 4140. The summed E-state index contributed by atoms with van der Waals surface area (Å²) in [6.45, 7) is 21.5. The summed E-state index contributed by atoms with van der Waals surface area (Å²) in [5.41, 5.74) is 9.82. The second-order valence-corrected chi connectivity index (χ2v) is 21.2. The molecule has 0 aliphatic carbocycles. The van der Waals surface area contributed by atoms with Crippen LogP contribution in [0.1, 0.15) is 92.7 Å². The number of ether oxygens (including phenoxy) is 1. The summed E-state index contributed by atoms with van der Waals surface area (Å²) in [5, 5.41) is 1.54. The molecule has 0 bridgehead atoms. The van der Waals surface area contributed by atoms with Crippen LogP contribution < -0.4 is 14.5 Å². The van der Waals surface area contributed by atoms with Gasteiger partial charge in [0.25, 0.3) is 0 Å². The Morgan fingerprint density at radius 2 is 1.12 bits per heavy atom. The minimum atomic E-state index is -0.465. The Hall–Kier alpha value is -7.20. The van der Waals surface area contributed by atoms with E-state index in [0.29, 0.717) is 45.3 Å². The van der Waals surface area contributed by atoms with Gasteiger partial charge in [-0.05, 0) is 90.9 Å². The van der Waals surface area contributed by atoms with E-state index in [0.717, 1.165) is 55.5 Å². The molecule has 6 heteroatoms. The van der Waals surface area contributed by atoms with Crippen LogP contribution in [0.25, 0.3) is 61.0 Å². The molecule has 0 amide bonds. The Balaban J connectivity index is 0.00000753. The number of benzene rings is 8. The van der Waals surface area contributed by atoms with Crippen molar-refractivity contribution in [2.45, 2.75) is 78.6 Å². The van der Waals surface area contributed by atoms with Crippen LogP contribution >= 0.6 is 0 Å². The smallest absolute Gasteiger partial charge is 0.135 e. The molecule has 1 aliphatic rings. The zero-order chi connectivity index (χ0) is 57.9. The third kappa shape index (κ3) is 9.16. The Morgan fingerprint density at radius 3 is 1.79 bits per heavy atom. The topological polar surface area (TPSA) is 33.5 Å². The first-order chi connectivity index (χ1) is 38.2. The number of anilines is 4. The second kappa shape index (κ2) is 18.8. The van der Waals surface area contributed by atoms with E-state index in [4.69, 9.17) is 20.7 Å². The third-order valence-electron chi connectivity index (χ3n) is 13.2. The normalized spacial score (nSPS) is 14.8. The van der Waals surface area contributed by atoms with Gasteiger partial charge in [-0.15, -0.1) is 48.1 Å². The molecule has 0 radical (unpaired) electrons. The van der Waals surface area contributed by atoms with Crippen LogP contribution in [-0.2, 0) is 37.3 Å². The maximum Gasteiger partial charge on any atom is 0.135 e. The van der Waals surface area contributed by atoms with Gasteiger partial charge in [0.2, 0.25) is 0 Å². The van der Waals surface area contributed by atoms with E-state index < -0.39 is 36.3 Å². The molecule has 0 saturated carbocycles. The molecule has 0 atom stereocenters. The number of aromatic nitrogens is 2. The first kappa shape index (κ1) is 37.6. The van der Waals surface area contributed by atoms with Gasteiger partial charge in [-0.1, -0.05) is 189 Å². The van der Waals surface area contributed by atoms with E-state index in [1.807, 2.05) is 118 Å². The Kier molecular flexibility index (Phi) is 9.79. The quantitative estimate of drug-likeness (QED) is 0.142. The van der Waals surface area contributed by atoms with E-state index in [2.05, 4.69) is 92.6 Å². The first-order valence-electron chi connectivity index (χ1n) is 28.9.